The van der Waals surface area contributed by atoms with Gasteiger partial charge in [0.05, 0.1) is 30.6 Å². The Bertz CT molecular complexity index is 1690. The van der Waals surface area contributed by atoms with Gasteiger partial charge in [-0.1, -0.05) is 30.3 Å². The fraction of sp³-hybridized carbons (Fsp3) is 0.486. The Morgan fingerprint density at radius 3 is 2.11 bits per heavy atom. The number of quaternary nitrogens is 1. The molecule has 55 heavy (non-hydrogen) atoms. The van der Waals surface area contributed by atoms with Gasteiger partial charge >= 0.3 is 5.91 Å². The number of nitrogens with zero attached hydrogens (tertiary/aromatic N) is 2. The number of anilines is 1. The topological polar surface area (TPSA) is 280 Å². The number of likely N-dealkylation sites (tertiary alicyclic amines) is 1. The Morgan fingerprint density at radius 2 is 1.56 bits per heavy atom. The van der Waals surface area contributed by atoms with E-state index in [2.05, 4.69) is 10.6 Å². The number of primary amides is 3. The van der Waals surface area contributed by atoms with Crippen molar-refractivity contribution in [3.63, 3.8) is 0 Å². The van der Waals surface area contributed by atoms with Crippen LogP contribution in [0.1, 0.15) is 58.4 Å². The van der Waals surface area contributed by atoms with Crippen LogP contribution in [0.15, 0.2) is 54.6 Å². The maximum Gasteiger partial charge on any atom is 0.345 e. The fourth-order valence-electron chi connectivity index (χ4n) is 6.83. The number of aliphatic hydroxyl groups excluding tert-OH is 1. The lowest BCUT2D eigenvalue weighted by Crippen LogP contribution is -2.72. The first-order valence-corrected chi connectivity index (χ1v) is 17.6. The summed E-state index contributed by atoms with van der Waals surface area (Å²) in [4.78, 5) is 90.6. The zero-order valence-electron chi connectivity index (χ0n) is 31.6. The predicted molar refractivity (Wildman–Crippen MR) is 205 cm³/mol. The normalized spacial score (nSPS) is 18.7. The number of carbonyl (C=O) groups is 7. The molecule has 1 heterocycles. The SMILES string of the molecule is CN(C(=O)[C@@H](N)CCC(N)=O)c1ccc(OCC(=O)N[C@@H](CC(N)=O)C(=O)N[C@@H](Cc2ccccc2)[C@H](O)C(=O)[N+]2(C(C)(C)C)CCC[C@H]2C(N)=O)cc1.Cl. The molecule has 18 heteroatoms. The van der Waals surface area contributed by atoms with E-state index in [0.29, 0.717) is 24.1 Å². The summed E-state index contributed by atoms with van der Waals surface area (Å²) >= 11 is 0. The third-order valence-electron chi connectivity index (χ3n) is 9.70. The van der Waals surface area contributed by atoms with E-state index in [0.717, 1.165) is 0 Å². The van der Waals surface area contributed by atoms with Crippen molar-refractivity contribution in [2.24, 2.45) is 22.9 Å². The summed E-state index contributed by atoms with van der Waals surface area (Å²) in [5, 5.41) is 16.8. The van der Waals surface area contributed by atoms with Crippen LogP contribution in [0.25, 0.3) is 0 Å². The molecule has 6 atom stereocenters. The highest BCUT2D eigenvalue weighted by Crippen LogP contribution is 2.38. The molecule has 17 nitrogen and oxygen atoms in total. The lowest BCUT2D eigenvalue weighted by atomic mass is 9.93. The van der Waals surface area contributed by atoms with Gasteiger partial charge in [-0.2, -0.15) is 0 Å². The van der Waals surface area contributed by atoms with Crippen LogP contribution in [0.2, 0.25) is 0 Å². The third-order valence-corrected chi connectivity index (χ3v) is 9.70. The van der Waals surface area contributed by atoms with Gasteiger partial charge < -0.3 is 48.3 Å². The van der Waals surface area contributed by atoms with Crippen LogP contribution in [-0.4, -0.2) is 107 Å². The predicted octanol–water partition coefficient (Wildman–Crippen LogP) is -0.719. The molecule has 0 radical (unpaired) electrons. The number of halogens is 1. The number of likely N-dealkylation sites (N-methyl/N-ethyl adjacent to an activating group) is 1. The van der Waals surface area contributed by atoms with Crippen LogP contribution in [0, 0.1) is 0 Å². The van der Waals surface area contributed by atoms with Gasteiger partial charge in [0, 0.05) is 32.0 Å². The molecule has 0 saturated carbocycles. The summed E-state index contributed by atoms with van der Waals surface area (Å²) in [7, 11) is 1.51. The highest BCUT2D eigenvalue weighted by molar-refractivity contribution is 5.97. The van der Waals surface area contributed by atoms with Crippen molar-refractivity contribution in [3.05, 3.63) is 60.2 Å². The summed E-state index contributed by atoms with van der Waals surface area (Å²) < 4.78 is 5.14. The van der Waals surface area contributed by atoms with E-state index in [4.69, 9.17) is 27.7 Å². The highest BCUT2D eigenvalue weighted by atomic mass is 35.5. The van der Waals surface area contributed by atoms with Crippen LogP contribution in [0.5, 0.6) is 5.75 Å². The van der Waals surface area contributed by atoms with E-state index in [1.165, 1.54) is 24.1 Å². The Labute approximate surface area is 326 Å². The van der Waals surface area contributed by atoms with Crippen molar-refractivity contribution in [1.82, 2.24) is 10.6 Å². The van der Waals surface area contributed by atoms with Crippen LogP contribution >= 0.6 is 12.4 Å². The molecule has 1 aliphatic heterocycles. The molecule has 1 saturated heterocycles. The zero-order valence-corrected chi connectivity index (χ0v) is 32.4. The van der Waals surface area contributed by atoms with Crippen molar-refractivity contribution in [2.45, 2.75) is 95.1 Å². The van der Waals surface area contributed by atoms with Crippen molar-refractivity contribution < 1.29 is 47.9 Å². The Kier molecular flexibility index (Phi) is 16.7. The zero-order chi connectivity index (χ0) is 40.4. The molecule has 0 bridgehead atoms. The van der Waals surface area contributed by atoms with E-state index < -0.39 is 94.7 Å². The van der Waals surface area contributed by atoms with Crippen LogP contribution < -0.4 is 43.2 Å². The largest absolute Gasteiger partial charge is 0.484 e. The minimum absolute atomic E-state index is 0. The first kappa shape index (κ1) is 46.1. The third kappa shape index (κ3) is 11.9. The van der Waals surface area contributed by atoms with Gasteiger partial charge in [-0.3, -0.25) is 28.8 Å². The van der Waals surface area contributed by atoms with Gasteiger partial charge in [0.2, 0.25) is 23.6 Å². The standard InChI is InChI=1S/C37H52N8O9.ClH/c1-37(2,3)45(18-8-11-28(45)33(41)50)36(53)32(49)26(19-22-9-6-5-7-10-22)43-34(51)27(20-30(40)47)42-31(48)21-54-24-14-12-23(13-15-24)44(4)35(52)25(38)16-17-29(39)46;/h5-7,9-10,12-15,25-28,32,49H,8,11,16-21,38H2,1-4H3,(H7-,39,40,41,42,43,46,47,48,50,51);1H/p+1/t25-,26-,27-,28-,32-,45?;/m0./s1. The van der Waals surface area contributed by atoms with Gasteiger partial charge in [-0.15, -0.1) is 12.4 Å². The number of nitrogens with one attached hydrogen (secondary N) is 2. The fourth-order valence-corrected chi connectivity index (χ4v) is 6.83. The summed E-state index contributed by atoms with van der Waals surface area (Å²) in [6.07, 6.45) is -1.52. The molecule has 1 unspecified atom stereocenters. The first-order chi connectivity index (χ1) is 25.3. The highest BCUT2D eigenvalue weighted by Gasteiger charge is 2.60. The van der Waals surface area contributed by atoms with Crippen LogP contribution in [0.3, 0.4) is 0 Å². The molecule has 0 spiro atoms. The van der Waals surface area contributed by atoms with Crippen molar-refractivity contribution >= 4 is 59.4 Å². The van der Waals surface area contributed by atoms with E-state index in [-0.39, 0.29) is 44.0 Å². The molecular formula is C37H54ClN8O9+. The van der Waals surface area contributed by atoms with Crippen molar-refractivity contribution in [2.75, 3.05) is 25.1 Å². The molecule has 2 aromatic rings. The van der Waals surface area contributed by atoms with Crippen molar-refractivity contribution in [3.8, 4) is 5.75 Å². The summed E-state index contributed by atoms with van der Waals surface area (Å²) in [5.74, 6) is -4.72. The lowest BCUT2D eigenvalue weighted by Gasteiger charge is -2.47. The maximum absolute atomic E-state index is 14.3. The number of hydrogen-bond donors (Lipinski definition) is 7. The van der Waals surface area contributed by atoms with Gasteiger partial charge in [0.25, 0.3) is 11.8 Å². The van der Waals surface area contributed by atoms with Gasteiger partial charge in [0.1, 0.15) is 11.8 Å². The minimum atomic E-state index is -1.82. The van der Waals surface area contributed by atoms with E-state index >= 15 is 0 Å². The summed E-state index contributed by atoms with van der Waals surface area (Å²) in [6, 6.07) is 10.3. The second-order valence-electron chi connectivity index (χ2n) is 14.5. The molecular weight excluding hydrogens is 736 g/mol. The molecule has 2 aromatic carbocycles. The van der Waals surface area contributed by atoms with Crippen molar-refractivity contribution in [1.29, 1.82) is 0 Å². The first-order valence-electron chi connectivity index (χ1n) is 17.6. The molecule has 7 amide bonds. The smallest absolute Gasteiger partial charge is 0.345 e. The van der Waals surface area contributed by atoms with Crippen LogP contribution in [-0.2, 0) is 40.0 Å². The molecule has 11 N–H and O–H groups in total. The number of benzene rings is 2. The number of ether oxygens (including phenoxy) is 1. The minimum Gasteiger partial charge on any atom is -0.484 e. The number of carbonyl (C=O) groups excluding carboxylic acids is 7. The number of rotatable bonds is 18. The number of aliphatic hydroxyl groups is 1. The number of amides is 7. The molecule has 0 aromatic heterocycles. The van der Waals surface area contributed by atoms with E-state index in [1.54, 1.807) is 63.2 Å². The second kappa shape index (κ2) is 20.0. The Hall–Kier alpha value is -5.10. The molecule has 3 rings (SSSR count). The number of nitrogens with two attached hydrogens (primary N) is 4. The Balaban J connectivity index is 0.0000105. The lowest BCUT2D eigenvalue weighted by molar-refractivity contribution is -0.904. The molecule has 302 valence electrons. The Morgan fingerprint density at radius 1 is 0.945 bits per heavy atom. The molecule has 0 aliphatic carbocycles. The van der Waals surface area contributed by atoms with E-state index in [9.17, 15) is 38.7 Å². The van der Waals surface area contributed by atoms with E-state index in [1.807, 2.05) is 0 Å². The van der Waals surface area contributed by atoms with Gasteiger partial charge in [-0.25, -0.2) is 9.28 Å². The second-order valence-corrected chi connectivity index (χ2v) is 14.5. The van der Waals surface area contributed by atoms with Crippen LogP contribution in [0.4, 0.5) is 5.69 Å². The average molecular weight is 790 g/mol. The van der Waals surface area contributed by atoms with Gasteiger partial charge in [-0.05, 0) is 63.4 Å². The van der Waals surface area contributed by atoms with Gasteiger partial charge in [0.15, 0.2) is 18.8 Å². The quantitative estimate of drug-likeness (QED) is 0.0931. The molecule has 1 aliphatic rings. The average Bonchev–Trinajstić information content (AvgIpc) is 3.59. The summed E-state index contributed by atoms with van der Waals surface area (Å²) in [5.41, 5.74) is 22.5. The molecule has 1 fully saturated rings. The monoisotopic (exact) mass is 789 g/mol. The maximum atomic E-state index is 14.3. The number of hydrogen-bond acceptors (Lipinski definition) is 10. The summed E-state index contributed by atoms with van der Waals surface area (Å²) in [6.45, 7) is 5.02.